The highest BCUT2D eigenvalue weighted by atomic mass is 16.3. The second kappa shape index (κ2) is 7.60. The molecule has 0 fully saturated rings. The van der Waals surface area contributed by atoms with Crippen LogP contribution in [0.2, 0.25) is 0 Å². The van der Waals surface area contributed by atoms with E-state index in [-0.39, 0.29) is 0 Å². The van der Waals surface area contributed by atoms with E-state index in [4.69, 9.17) is 0 Å². The molecule has 0 atom stereocenters. The number of nitrogens with zero attached hydrogens (tertiary/aromatic N) is 1. The molecule has 130 valence electrons. The van der Waals surface area contributed by atoms with Crippen LogP contribution in [0.25, 0.3) is 10.8 Å². The molecule has 0 aliphatic heterocycles. The summed E-state index contributed by atoms with van der Waals surface area (Å²) in [5.41, 5.74) is 4.52. The Labute approximate surface area is 150 Å². The van der Waals surface area contributed by atoms with Crippen molar-refractivity contribution in [2.75, 3.05) is 11.4 Å². The molecule has 0 amide bonds. The summed E-state index contributed by atoms with van der Waals surface area (Å²) >= 11 is 0. The maximum Gasteiger partial charge on any atom is 0.124 e. The van der Waals surface area contributed by atoms with E-state index in [2.05, 4.69) is 61.2 Å². The second-order valence-electron chi connectivity index (χ2n) is 6.67. The lowest BCUT2D eigenvalue weighted by Gasteiger charge is -2.25. The number of benzene rings is 3. The Kier molecular flexibility index (Phi) is 5.28. The number of phenols is 1. The van der Waals surface area contributed by atoms with Gasteiger partial charge >= 0.3 is 0 Å². The number of aromatic hydroxyl groups is 1. The number of anilines is 1. The molecule has 2 nitrogen and oxygen atoms in total. The van der Waals surface area contributed by atoms with Crippen LogP contribution in [0, 0.1) is 6.92 Å². The van der Waals surface area contributed by atoms with Gasteiger partial charge < -0.3 is 10.0 Å². The second-order valence-corrected chi connectivity index (χ2v) is 6.67. The van der Waals surface area contributed by atoms with Gasteiger partial charge in [-0.05, 0) is 60.4 Å². The minimum absolute atomic E-state index is 0.416. The predicted octanol–water partition coefficient (Wildman–Crippen LogP) is 5.83. The summed E-state index contributed by atoms with van der Waals surface area (Å²) in [5.74, 6) is 0.416. The molecule has 2 heteroatoms. The molecule has 3 aromatic carbocycles. The highest BCUT2D eigenvalue weighted by molar-refractivity contribution is 5.89. The molecule has 0 saturated carbocycles. The largest absolute Gasteiger partial charge is 0.507 e. The zero-order valence-corrected chi connectivity index (χ0v) is 15.4. The van der Waals surface area contributed by atoms with Gasteiger partial charge in [0.25, 0.3) is 0 Å². The van der Waals surface area contributed by atoms with Crippen LogP contribution in [-0.4, -0.2) is 11.7 Å². The molecule has 0 aromatic heterocycles. The molecule has 25 heavy (non-hydrogen) atoms. The van der Waals surface area contributed by atoms with Crippen LogP contribution in [0.5, 0.6) is 5.75 Å². The third kappa shape index (κ3) is 3.63. The van der Waals surface area contributed by atoms with Gasteiger partial charge in [0.2, 0.25) is 0 Å². The van der Waals surface area contributed by atoms with Crippen LogP contribution < -0.4 is 4.90 Å². The summed E-state index contributed by atoms with van der Waals surface area (Å²) in [4.78, 5) is 2.32. The van der Waals surface area contributed by atoms with Gasteiger partial charge in [-0.2, -0.15) is 0 Å². The van der Waals surface area contributed by atoms with E-state index < -0.39 is 0 Å². The zero-order valence-electron chi connectivity index (χ0n) is 15.4. The first-order chi connectivity index (χ1) is 12.1. The Morgan fingerprint density at radius 2 is 1.68 bits per heavy atom. The minimum Gasteiger partial charge on any atom is -0.507 e. The summed E-state index contributed by atoms with van der Waals surface area (Å²) in [5, 5.41) is 13.0. The first-order valence-corrected chi connectivity index (χ1v) is 9.18. The average Bonchev–Trinajstić information content (AvgIpc) is 2.63. The van der Waals surface area contributed by atoms with Crippen molar-refractivity contribution in [2.45, 2.75) is 40.2 Å². The Morgan fingerprint density at radius 3 is 2.36 bits per heavy atom. The molecule has 0 unspecified atom stereocenters. The zero-order chi connectivity index (χ0) is 17.8. The molecule has 1 N–H and O–H groups in total. The first-order valence-electron chi connectivity index (χ1n) is 9.18. The molecule has 0 radical (unpaired) electrons. The molecule has 0 bridgehead atoms. The van der Waals surface area contributed by atoms with Crippen molar-refractivity contribution in [1.82, 2.24) is 0 Å². The fraction of sp³-hybridized carbons (Fsp3) is 0.304. The average molecular weight is 333 g/mol. The van der Waals surface area contributed by atoms with Gasteiger partial charge in [-0.3, -0.25) is 0 Å². The molecule has 0 saturated heterocycles. The quantitative estimate of drug-likeness (QED) is 0.613. The number of phenolic OH excluding ortho intramolecular Hbond substituents is 1. The fourth-order valence-electron chi connectivity index (χ4n) is 3.46. The SMILES string of the molecule is CCCc1ccc(N(CC)Cc2c(O)c(C)cc3ccccc23)cc1. The lowest BCUT2D eigenvalue weighted by Crippen LogP contribution is -2.22. The van der Waals surface area contributed by atoms with E-state index >= 15 is 0 Å². The normalized spacial score (nSPS) is 11.0. The monoisotopic (exact) mass is 333 g/mol. The van der Waals surface area contributed by atoms with Gasteiger partial charge in [0.1, 0.15) is 5.75 Å². The third-order valence-electron chi connectivity index (χ3n) is 4.89. The van der Waals surface area contributed by atoms with Gasteiger partial charge in [0.15, 0.2) is 0 Å². The van der Waals surface area contributed by atoms with E-state index in [0.29, 0.717) is 12.3 Å². The van der Waals surface area contributed by atoms with Crippen LogP contribution in [-0.2, 0) is 13.0 Å². The van der Waals surface area contributed by atoms with Crippen LogP contribution in [0.3, 0.4) is 0 Å². The first kappa shape index (κ1) is 17.3. The summed E-state index contributed by atoms with van der Waals surface area (Å²) in [6.45, 7) is 7.94. The number of rotatable bonds is 6. The van der Waals surface area contributed by atoms with Crippen molar-refractivity contribution >= 4 is 16.5 Å². The number of aryl methyl sites for hydroxylation is 2. The minimum atomic E-state index is 0.416. The molecule has 3 aromatic rings. The van der Waals surface area contributed by atoms with E-state index in [1.165, 1.54) is 23.1 Å². The van der Waals surface area contributed by atoms with Crippen molar-refractivity contribution in [2.24, 2.45) is 0 Å². The van der Waals surface area contributed by atoms with Gasteiger partial charge in [-0.1, -0.05) is 49.7 Å². The lowest BCUT2D eigenvalue weighted by atomic mass is 9.99. The number of hydrogen-bond donors (Lipinski definition) is 1. The predicted molar refractivity (Wildman–Crippen MR) is 108 cm³/mol. The van der Waals surface area contributed by atoms with Crippen LogP contribution in [0.4, 0.5) is 5.69 Å². The Morgan fingerprint density at radius 1 is 0.960 bits per heavy atom. The summed E-state index contributed by atoms with van der Waals surface area (Å²) in [7, 11) is 0. The van der Waals surface area contributed by atoms with Crippen LogP contribution in [0.15, 0.2) is 54.6 Å². The Bertz CT molecular complexity index is 852. The van der Waals surface area contributed by atoms with Gasteiger partial charge in [0.05, 0.1) is 0 Å². The molecule has 0 heterocycles. The topological polar surface area (TPSA) is 23.5 Å². The van der Waals surface area contributed by atoms with E-state index in [0.717, 1.165) is 29.5 Å². The fourth-order valence-corrected chi connectivity index (χ4v) is 3.46. The van der Waals surface area contributed by atoms with Crippen molar-refractivity contribution in [3.8, 4) is 5.75 Å². The van der Waals surface area contributed by atoms with E-state index in [1.807, 2.05) is 19.1 Å². The van der Waals surface area contributed by atoms with E-state index in [1.54, 1.807) is 0 Å². The van der Waals surface area contributed by atoms with E-state index in [9.17, 15) is 5.11 Å². The number of fused-ring (bicyclic) bond motifs is 1. The Balaban J connectivity index is 1.96. The van der Waals surface area contributed by atoms with Gasteiger partial charge in [-0.15, -0.1) is 0 Å². The highest BCUT2D eigenvalue weighted by Gasteiger charge is 2.14. The van der Waals surface area contributed by atoms with Gasteiger partial charge in [0, 0.05) is 24.3 Å². The Hall–Kier alpha value is -2.48. The van der Waals surface area contributed by atoms with Gasteiger partial charge in [-0.25, -0.2) is 0 Å². The van der Waals surface area contributed by atoms with Crippen LogP contribution in [0.1, 0.15) is 37.0 Å². The maximum atomic E-state index is 10.7. The smallest absolute Gasteiger partial charge is 0.124 e. The molecular weight excluding hydrogens is 306 g/mol. The molecule has 3 rings (SSSR count). The van der Waals surface area contributed by atoms with Crippen LogP contribution >= 0.6 is 0 Å². The van der Waals surface area contributed by atoms with Crippen molar-refractivity contribution in [1.29, 1.82) is 0 Å². The maximum absolute atomic E-state index is 10.7. The standard InChI is InChI=1S/C23H27NO/c1-4-8-18-11-13-20(14-12-18)24(5-2)16-22-21-10-7-6-9-19(21)15-17(3)23(22)25/h6-7,9-15,25H,4-5,8,16H2,1-3H3. The van der Waals surface area contributed by atoms with Crippen molar-refractivity contribution < 1.29 is 5.11 Å². The number of hydrogen-bond acceptors (Lipinski definition) is 2. The molecular formula is C23H27NO. The highest BCUT2D eigenvalue weighted by Crippen LogP contribution is 2.33. The summed E-state index contributed by atoms with van der Waals surface area (Å²) in [6.07, 6.45) is 2.29. The molecule has 0 spiro atoms. The molecule has 0 aliphatic carbocycles. The molecule has 0 aliphatic rings. The third-order valence-corrected chi connectivity index (χ3v) is 4.89. The summed E-state index contributed by atoms with van der Waals surface area (Å²) in [6, 6.07) is 19.2. The van der Waals surface area contributed by atoms with Crippen molar-refractivity contribution in [3.05, 3.63) is 71.3 Å². The summed E-state index contributed by atoms with van der Waals surface area (Å²) < 4.78 is 0. The van der Waals surface area contributed by atoms with Crippen molar-refractivity contribution in [3.63, 3.8) is 0 Å². The lowest BCUT2D eigenvalue weighted by molar-refractivity contribution is 0.464.